The Bertz CT molecular complexity index is 1200. The van der Waals surface area contributed by atoms with Crippen molar-refractivity contribution in [1.82, 2.24) is 0 Å². The summed E-state index contributed by atoms with van der Waals surface area (Å²) in [6.45, 7) is 8.76. The van der Waals surface area contributed by atoms with Crippen LogP contribution in [0.4, 0.5) is 0 Å². The minimum atomic E-state index is 1.24. The fraction of sp³-hybridized carbons (Fsp3) is 0.179. The summed E-state index contributed by atoms with van der Waals surface area (Å²) in [6, 6.07) is 26.4. The van der Waals surface area contributed by atoms with Gasteiger partial charge in [0.15, 0.2) is 6.20 Å². The molecule has 1 heterocycles. The lowest BCUT2D eigenvalue weighted by molar-refractivity contribution is -0.660. The van der Waals surface area contributed by atoms with Gasteiger partial charge in [-0.15, -0.1) is 0 Å². The molecule has 1 nitrogen and oxygen atoms in total. The molecule has 0 amide bonds. The Morgan fingerprint density at radius 2 is 1.10 bits per heavy atom. The molecule has 0 atom stereocenters. The van der Waals surface area contributed by atoms with E-state index in [1.807, 2.05) is 0 Å². The lowest BCUT2D eigenvalue weighted by atomic mass is 9.92. The fourth-order valence-electron chi connectivity index (χ4n) is 4.18. The van der Waals surface area contributed by atoms with E-state index in [2.05, 4.69) is 118 Å². The van der Waals surface area contributed by atoms with Gasteiger partial charge in [-0.1, -0.05) is 60.7 Å². The van der Waals surface area contributed by atoms with Gasteiger partial charge in [0.25, 0.3) is 0 Å². The minimum Gasteiger partial charge on any atom is -0.201 e. The normalized spacial score (nSPS) is 10.9. The summed E-state index contributed by atoms with van der Waals surface area (Å²) in [5, 5.41) is 0. The highest BCUT2D eigenvalue weighted by atomic mass is 14.9. The van der Waals surface area contributed by atoms with Crippen molar-refractivity contribution in [3.05, 3.63) is 101 Å². The maximum atomic E-state index is 2.35. The van der Waals surface area contributed by atoms with Crippen LogP contribution in [0, 0.1) is 27.7 Å². The van der Waals surface area contributed by atoms with Crippen molar-refractivity contribution in [2.24, 2.45) is 7.05 Å². The van der Waals surface area contributed by atoms with Crippen LogP contribution < -0.4 is 4.57 Å². The highest BCUT2D eigenvalue weighted by molar-refractivity contribution is 5.78. The molecule has 0 aliphatic rings. The van der Waals surface area contributed by atoms with Gasteiger partial charge in [-0.2, -0.15) is 0 Å². The van der Waals surface area contributed by atoms with Crippen LogP contribution in [0.25, 0.3) is 33.5 Å². The summed E-state index contributed by atoms with van der Waals surface area (Å²) in [5.41, 5.74) is 12.9. The maximum Gasteiger partial charge on any atom is 0.213 e. The van der Waals surface area contributed by atoms with Gasteiger partial charge < -0.3 is 0 Å². The molecule has 0 spiro atoms. The largest absolute Gasteiger partial charge is 0.213 e. The second-order valence-corrected chi connectivity index (χ2v) is 8.03. The summed E-state index contributed by atoms with van der Waals surface area (Å²) >= 11 is 0. The van der Waals surface area contributed by atoms with Crippen molar-refractivity contribution in [2.45, 2.75) is 27.7 Å². The summed E-state index contributed by atoms with van der Waals surface area (Å²) in [7, 11) is 2.14. The Kier molecular flexibility index (Phi) is 5.07. The Balaban J connectivity index is 1.92. The van der Waals surface area contributed by atoms with Crippen LogP contribution in [0.1, 0.15) is 22.3 Å². The van der Waals surface area contributed by atoms with Gasteiger partial charge >= 0.3 is 0 Å². The third kappa shape index (κ3) is 3.61. The van der Waals surface area contributed by atoms with E-state index >= 15 is 0 Å². The first kappa shape index (κ1) is 19.1. The number of benzene rings is 3. The van der Waals surface area contributed by atoms with Crippen molar-refractivity contribution >= 4 is 0 Å². The van der Waals surface area contributed by atoms with Gasteiger partial charge in [-0.25, -0.2) is 4.57 Å². The molecule has 0 saturated heterocycles. The van der Waals surface area contributed by atoms with E-state index in [0.29, 0.717) is 0 Å². The van der Waals surface area contributed by atoms with Crippen LogP contribution in [-0.4, -0.2) is 0 Å². The number of hydrogen-bond donors (Lipinski definition) is 0. The van der Waals surface area contributed by atoms with E-state index in [1.165, 1.54) is 55.8 Å². The second-order valence-electron chi connectivity index (χ2n) is 8.03. The summed E-state index contributed by atoms with van der Waals surface area (Å²) in [6.07, 6.45) is 2.25. The van der Waals surface area contributed by atoms with Gasteiger partial charge in [0.05, 0.1) is 0 Å². The Hall–Kier alpha value is -3.19. The molecule has 1 aromatic heterocycles. The number of aromatic nitrogens is 1. The van der Waals surface area contributed by atoms with Gasteiger partial charge in [0.1, 0.15) is 7.05 Å². The zero-order valence-electron chi connectivity index (χ0n) is 18.0. The van der Waals surface area contributed by atoms with Crippen LogP contribution in [0.3, 0.4) is 0 Å². The molecule has 4 rings (SSSR count). The molecule has 144 valence electrons. The zero-order valence-corrected chi connectivity index (χ0v) is 18.0. The van der Waals surface area contributed by atoms with Gasteiger partial charge in [0.2, 0.25) is 5.69 Å². The van der Waals surface area contributed by atoms with E-state index in [1.54, 1.807) is 0 Å². The lowest BCUT2D eigenvalue weighted by Gasteiger charge is -2.13. The molecule has 4 aromatic rings. The number of aryl methyl sites for hydroxylation is 5. The van der Waals surface area contributed by atoms with Gasteiger partial charge in [-0.3, -0.25) is 0 Å². The molecule has 29 heavy (non-hydrogen) atoms. The van der Waals surface area contributed by atoms with Crippen LogP contribution >= 0.6 is 0 Å². The van der Waals surface area contributed by atoms with E-state index in [9.17, 15) is 0 Å². The van der Waals surface area contributed by atoms with E-state index < -0.39 is 0 Å². The van der Waals surface area contributed by atoms with Crippen LogP contribution in [0.5, 0.6) is 0 Å². The Morgan fingerprint density at radius 3 is 1.76 bits per heavy atom. The third-order valence-corrected chi connectivity index (χ3v) is 5.88. The van der Waals surface area contributed by atoms with E-state index in [-0.39, 0.29) is 0 Å². The smallest absolute Gasteiger partial charge is 0.201 e. The van der Waals surface area contributed by atoms with Crippen molar-refractivity contribution in [3.63, 3.8) is 0 Å². The average Bonchev–Trinajstić information content (AvgIpc) is 2.70. The van der Waals surface area contributed by atoms with Crippen molar-refractivity contribution in [2.75, 3.05) is 0 Å². The highest BCUT2D eigenvalue weighted by Crippen LogP contribution is 2.33. The molecule has 3 aromatic carbocycles. The van der Waals surface area contributed by atoms with Crippen molar-refractivity contribution in [1.29, 1.82) is 0 Å². The zero-order chi connectivity index (χ0) is 20.5. The van der Waals surface area contributed by atoms with Crippen molar-refractivity contribution in [3.8, 4) is 33.5 Å². The summed E-state index contributed by atoms with van der Waals surface area (Å²) in [5.74, 6) is 0. The minimum absolute atomic E-state index is 1.24. The predicted molar refractivity (Wildman–Crippen MR) is 123 cm³/mol. The number of rotatable bonds is 3. The summed E-state index contributed by atoms with van der Waals surface area (Å²) < 4.78 is 2.25. The first-order valence-electron chi connectivity index (χ1n) is 10.2. The molecule has 0 bridgehead atoms. The molecule has 0 saturated carbocycles. The monoisotopic (exact) mass is 378 g/mol. The fourth-order valence-corrected chi connectivity index (χ4v) is 4.18. The molecule has 0 aliphatic carbocycles. The molecule has 0 fully saturated rings. The molecular formula is C28H28N+. The molecule has 0 radical (unpaired) electrons. The maximum absolute atomic E-state index is 2.35. The third-order valence-electron chi connectivity index (χ3n) is 5.88. The predicted octanol–water partition coefficient (Wildman–Crippen LogP) is 6.75. The molecule has 1 heteroatoms. The first-order chi connectivity index (χ1) is 14.0. The van der Waals surface area contributed by atoms with Crippen LogP contribution in [0.15, 0.2) is 79.0 Å². The first-order valence-corrected chi connectivity index (χ1v) is 10.2. The quantitative estimate of drug-likeness (QED) is 0.347. The number of nitrogens with zero attached hydrogens (tertiary/aromatic N) is 1. The topological polar surface area (TPSA) is 3.88 Å². The Labute approximate surface area is 174 Å². The van der Waals surface area contributed by atoms with Crippen LogP contribution in [-0.2, 0) is 7.05 Å². The van der Waals surface area contributed by atoms with E-state index in [0.717, 1.165) is 0 Å². The van der Waals surface area contributed by atoms with E-state index in [4.69, 9.17) is 0 Å². The Morgan fingerprint density at radius 1 is 0.517 bits per heavy atom. The highest BCUT2D eigenvalue weighted by Gasteiger charge is 2.18. The molecule has 0 N–H and O–H groups in total. The van der Waals surface area contributed by atoms with Gasteiger partial charge in [0, 0.05) is 17.2 Å². The van der Waals surface area contributed by atoms with Crippen molar-refractivity contribution < 1.29 is 4.57 Å². The average molecular weight is 379 g/mol. The van der Waals surface area contributed by atoms with Gasteiger partial charge in [-0.05, 0) is 72.7 Å². The SMILES string of the molecule is Cc1ccccc1-c1ccc(C)c(-c2cc(-c3ccccc3C)c(C)c[n+]2C)c1. The molecule has 0 aliphatic heterocycles. The molecule has 0 unspecified atom stereocenters. The summed E-state index contributed by atoms with van der Waals surface area (Å²) in [4.78, 5) is 0. The molecular weight excluding hydrogens is 350 g/mol. The lowest BCUT2D eigenvalue weighted by Crippen LogP contribution is -2.31. The number of pyridine rings is 1. The standard InChI is InChI=1S/C28H28N/c1-19-10-6-8-12-24(19)23-15-14-21(3)27(16-23)28-17-26(22(4)18-29(28)5)25-13-9-7-11-20(25)2/h6-18H,1-5H3/q+1. The number of hydrogen-bond acceptors (Lipinski definition) is 0. The second kappa shape index (κ2) is 7.67. The van der Waals surface area contributed by atoms with Crippen LogP contribution in [0.2, 0.25) is 0 Å².